The third kappa shape index (κ3) is 3.58. The standard InChI is InChI=1S/C27H25N7O/c1-4-23-29-25-16(2)11-12-28-27(25)34(23)14-18-9-10-21-22(13-18)35-15-19-7-5-6-8-20(19)24(21)17(3)26-30-32-33-31-26/h5-13H,4,14-15H2,1-3H3,(H,30,31,32,33)/b24-17-. The number of imidazole rings is 1. The Morgan fingerprint density at radius 1 is 1.11 bits per heavy atom. The highest BCUT2D eigenvalue weighted by atomic mass is 16.5. The van der Waals surface area contributed by atoms with Crippen molar-refractivity contribution in [3.63, 3.8) is 0 Å². The minimum atomic E-state index is 0.491. The van der Waals surface area contributed by atoms with Gasteiger partial charge in [-0.3, -0.25) is 0 Å². The molecule has 0 radical (unpaired) electrons. The lowest BCUT2D eigenvalue weighted by Gasteiger charge is -2.15. The van der Waals surface area contributed by atoms with Gasteiger partial charge in [0.25, 0.3) is 0 Å². The number of benzene rings is 2. The van der Waals surface area contributed by atoms with Crippen LogP contribution in [-0.4, -0.2) is 35.2 Å². The fourth-order valence-electron chi connectivity index (χ4n) is 4.82. The summed E-state index contributed by atoms with van der Waals surface area (Å²) in [5.74, 6) is 2.44. The summed E-state index contributed by atoms with van der Waals surface area (Å²) >= 11 is 0. The average molecular weight is 464 g/mol. The molecule has 1 N–H and O–H groups in total. The van der Waals surface area contributed by atoms with Gasteiger partial charge >= 0.3 is 0 Å². The summed E-state index contributed by atoms with van der Waals surface area (Å²) in [6, 6.07) is 16.7. The number of aromatic nitrogens is 7. The molecule has 0 spiro atoms. The molecule has 0 saturated heterocycles. The lowest BCUT2D eigenvalue weighted by molar-refractivity contribution is 0.307. The average Bonchev–Trinajstić information content (AvgIpc) is 3.50. The molecule has 0 unspecified atom stereocenters. The van der Waals surface area contributed by atoms with Crippen LogP contribution in [0.5, 0.6) is 5.75 Å². The Balaban J connectivity index is 1.48. The monoisotopic (exact) mass is 463 g/mol. The molecule has 0 amide bonds. The highest BCUT2D eigenvalue weighted by Gasteiger charge is 2.23. The Morgan fingerprint density at radius 2 is 2.00 bits per heavy atom. The van der Waals surface area contributed by atoms with E-state index in [1.54, 1.807) is 0 Å². The highest BCUT2D eigenvalue weighted by molar-refractivity contribution is 5.99. The van der Waals surface area contributed by atoms with Crippen LogP contribution < -0.4 is 4.74 Å². The van der Waals surface area contributed by atoms with E-state index < -0.39 is 0 Å². The lowest BCUT2D eigenvalue weighted by Crippen LogP contribution is -2.06. The second kappa shape index (κ2) is 8.47. The van der Waals surface area contributed by atoms with Gasteiger partial charge in [0.15, 0.2) is 5.65 Å². The van der Waals surface area contributed by atoms with Crippen LogP contribution in [0.4, 0.5) is 0 Å². The maximum atomic E-state index is 6.36. The Kier molecular flexibility index (Phi) is 5.13. The van der Waals surface area contributed by atoms with Gasteiger partial charge in [0.05, 0.1) is 6.54 Å². The lowest BCUT2D eigenvalue weighted by atomic mass is 9.90. The zero-order valence-electron chi connectivity index (χ0n) is 19.9. The summed E-state index contributed by atoms with van der Waals surface area (Å²) in [5, 5.41) is 14.8. The zero-order chi connectivity index (χ0) is 23.9. The summed E-state index contributed by atoms with van der Waals surface area (Å²) < 4.78 is 8.56. The van der Waals surface area contributed by atoms with Crippen molar-refractivity contribution < 1.29 is 4.74 Å². The number of nitrogens with zero attached hydrogens (tertiary/aromatic N) is 6. The van der Waals surface area contributed by atoms with Crippen LogP contribution in [0.25, 0.3) is 22.3 Å². The first-order valence-corrected chi connectivity index (χ1v) is 11.7. The maximum absolute atomic E-state index is 6.36. The third-order valence-electron chi connectivity index (χ3n) is 6.61. The summed E-state index contributed by atoms with van der Waals surface area (Å²) in [6.07, 6.45) is 2.69. The number of ether oxygens (including phenoxy) is 1. The number of aromatic amines is 1. The number of tetrazole rings is 1. The Labute approximate surface area is 202 Å². The Morgan fingerprint density at radius 3 is 2.83 bits per heavy atom. The first kappa shape index (κ1) is 21.2. The van der Waals surface area contributed by atoms with E-state index in [9.17, 15) is 0 Å². The van der Waals surface area contributed by atoms with Gasteiger partial charge in [-0.1, -0.05) is 43.3 Å². The predicted octanol–water partition coefficient (Wildman–Crippen LogP) is 4.73. The summed E-state index contributed by atoms with van der Waals surface area (Å²) in [7, 11) is 0. The molecule has 3 aromatic heterocycles. The molecule has 8 nitrogen and oxygen atoms in total. The number of allylic oxidation sites excluding steroid dienone is 1. The van der Waals surface area contributed by atoms with Gasteiger partial charge in [-0.25, -0.2) is 9.97 Å². The molecule has 0 saturated carbocycles. The molecule has 174 valence electrons. The second-order valence-corrected chi connectivity index (χ2v) is 8.78. The van der Waals surface area contributed by atoms with Crippen LogP contribution in [0.15, 0.2) is 54.7 Å². The van der Waals surface area contributed by atoms with E-state index in [4.69, 9.17) is 9.72 Å². The Bertz CT molecular complexity index is 1580. The summed E-state index contributed by atoms with van der Waals surface area (Å²) in [6.45, 7) is 7.39. The maximum Gasteiger partial charge on any atom is 0.201 e. The minimum absolute atomic E-state index is 0.491. The number of aryl methyl sites for hydroxylation is 2. The fraction of sp³-hybridized carbons (Fsp3) is 0.222. The van der Waals surface area contributed by atoms with E-state index >= 15 is 0 Å². The van der Waals surface area contributed by atoms with Gasteiger partial charge in [-0.15, -0.1) is 10.2 Å². The normalized spacial score (nSPS) is 14.3. The smallest absolute Gasteiger partial charge is 0.201 e. The number of hydrogen-bond donors (Lipinski definition) is 1. The van der Waals surface area contributed by atoms with Gasteiger partial charge in [0.1, 0.15) is 23.7 Å². The molecule has 0 aliphatic carbocycles. The van der Waals surface area contributed by atoms with E-state index in [2.05, 4.69) is 74.4 Å². The molecule has 6 rings (SSSR count). The van der Waals surface area contributed by atoms with E-state index in [1.165, 1.54) is 0 Å². The van der Waals surface area contributed by atoms with Crippen LogP contribution in [0.2, 0.25) is 0 Å². The SMILES string of the molecule is CCc1nc2c(C)ccnc2n1Cc1ccc2c(c1)OCc1ccccc1/C2=C(\C)c1nn[nH]n1. The molecule has 0 bridgehead atoms. The first-order chi connectivity index (χ1) is 17.1. The minimum Gasteiger partial charge on any atom is -0.488 e. The number of fused-ring (bicyclic) bond motifs is 3. The van der Waals surface area contributed by atoms with Crippen LogP contribution in [0, 0.1) is 6.92 Å². The van der Waals surface area contributed by atoms with Crippen molar-refractivity contribution in [3.8, 4) is 5.75 Å². The molecule has 1 aliphatic rings. The third-order valence-corrected chi connectivity index (χ3v) is 6.61. The topological polar surface area (TPSA) is 94.4 Å². The quantitative estimate of drug-likeness (QED) is 0.414. The largest absolute Gasteiger partial charge is 0.488 e. The number of hydrogen-bond acceptors (Lipinski definition) is 6. The second-order valence-electron chi connectivity index (χ2n) is 8.78. The molecular weight excluding hydrogens is 438 g/mol. The van der Waals surface area contributed by atoms with Gasteiger partial charge in [0, 0.05) is 23.8 Å². The predicted molar refractivity (Wildman–Crippen MR) is 134 cm³/mol. The van der Waals surface area contributed by atoms with Crippen molar-refractivity contribution in [1.82, 2.24) is 35.2 Å². The first-order valence-electron chi connectivity index (χ1n) is 11.7. The molecule has 4 heterocycles. The van der Waals surface area contributed by atoms with Gasteiger partial charge < -0.3 is 9.30 Å². The molecule has 1 aliphatic heterocycles. The molecule has 0 fully saturated rings. The van der Waals surface area contributed by atoms with Gasteiger partial charge in [-0.05, 0) is 59.0 Å². The van der Waals surface area contributed by atoms with E-state index in [1.807, 2.05) is 31.3 Å². The zero-order valence-corrected chi connectivity index (χ0v) is 19.9. The molecule has 0 atom stereocenters. The van der Waals surface area contributed by atoms with Crippen molar-refractivity contribution in [3.05, 3.63) is 94.2 Å². The number of pyridine rings is 1. The van der Waals surface area contributed by atoms with E-state index in [0.29, 0.717) is 19.0 Å². The number of rotatable bonds is 4. The van der Waals surface area contributed by atoms with Crippen LogP contribution in [0.3, 0.4) is 0 Å². The van der Waals surface area contributed by atoms with E-state index in [0.717, 1.165) is 68.1 Å². The van der Waals surface area contributed by atoms with Crippen molar-refractivity contribution in [1.29, 1.82) is 0 Å². The fourth-order valence-corrected chi connectivity index (χ4v) is 4.82. The van der Waals surface area contributed by atoms with Crippen LogP contribution >= 0.6 is 0 Å². The molecule has 8 heteroatoms. The number of H-pyrrole nitrogens is 1. The molecule has 2 aromatic carbocycles. The van der Waals surface area contributed by atoms with E-state index in [-0.39, 0.29) is 0 Å². The van der Waals surface area contributed by atoms with Crippen molar-refractivity contribution in [2.75, 3.05) is 0 Å². The Hall–Kier alpha value is -4.33. The summed E-state index contributed by atoms with van der Waals surface area (Å²) in [5.41, 5.74) is 9.40. The van der Waals surface area contributed by atoms with Crippen LogP contribution in [0.1, 0.15) is 53.3 Å². The van der Waals surface area contributed by atoms with Gasteiger partial charge in [-0.2, -0.15) is 5.21 Å². The van der Waals surface area contributed by atoms with Crippen LogP contribution in [-0.2, 0) is 19.6 Å². The van der Waals surface area contributed by atoms with Gasteiger partial charge in [0.2, 0.25) is 5.82 Å². The van der Waals surface area contributed by atoms with Crippen molar-refractivity contribution in [2.24, 2.45) is 0 Å². The molecule has 35 heavy (non-hydrogen) atoms. The molecular formula is C27H25N7O. The van der Waals surface area contributed by atoms with Crippen molar-refractivity contribution in [2.45, 2.75) is 40.3 Å². The highest BCUT2D eigenvalue weighted by Crippen LogP contribution is 2.41. The summed E-state index contributed by atoms with van der Waals surface area (Å²) in [4.78, 5) is 9.50. The number of nitrogens with one attached hydrogen (secondary N) is 1. The molecule has 5 aromatic rings. The van der Waals surface area contributed by atoms with Crippen molar-refractivity contribution >= 4 is 22.3 Å².